The Kier molecular flexibility index (Phi) is 8.64. The lowest BCUT2D eigenvalue weighted by atomic mass is 9.85. The first kappa shape index (κ1) is 21.1. The van der Waals surface area contributed by atoms with Gasteiger partial charge in [0.05, 0.1) is 0 Å². The first-order valence-electron chi connectivity index (χ1n) is 8.73. The number of hydrogen-bond acceptors (Lipinski definition) is 3. The highest BCUT2D eigenvalue weighted by Gasteiger charge is 2.30. The van der Waals surface area contributed by atoms with Gasteiger partial charge in [-0.15, -0.1) is 24.0 Å². The molecule has 1 aromatic rings. The molecule has 2 atom stereocenters. The maximum atomic E-state index is 6.24. The molecule has 2 unspecified atom stereocenters. The van der Waals surface area contributed by atoms with Gasteiger partial charge in [-0.05, 0) is 50.0 Å². The molecule has 2 N–H and O–H groups in total. The molecule has 0 radical (unpaired) electrons. The molecule has 0 aliphatic carbocycles. The lowest BCUT2D eigenvalue weighted by Gasteiger charge is -2.39. The summed E-state index contributed by atoms with van der Waals surface area (Å²) in [6, 6.07) is 8.62. The molecule has 0 spiro atoms. The van der Waals surface area contributed by atoms with E-state index in [1.807, 2.05) is 23.9 Å². The summed E-state index contributed by atoms with van der Waals surface area (Å²) >= 11 is 8.20. The van der Waals surface area contributed by atoms with Crippen LogP contribution >= 0.6 is 47.3 Å². The van der Waals surface area contributed by atoms with E-state index in [9.17, 15) is 0 Å². The van der Waals surface area contributed by atoms with Crippen LogP contribution in [0.4, 0.5) is 0 Å². The highest BCUT2D eigenvalue weighted by molar-refractivity contribution is 14.0. The van der Waals surface area contributed by atoms with Crippen molar-refractivity contribution >= 4 is 53.3 Å². The Morgan fingerprint density at radius 1 is 1.32 bits per heavy atom. The molecular formula is C18H28ClIN4S. The zero-order chi connectivity index (χ0) is 16.9. The third-order valence-corrected chi connectivity index (χ3v) is 6.20. The molecule has 4 nitrogen and oxygen atoms in total. The van der Waals surface area contributed by atoms with Crippen LogP contribution in [0.25, 0.3) is 0 Å². The number of rotatable bonds is 3. The fourth-order valence-corrected chi connectivity index (χ4v) is 4.87. The summed E-state index contributed by atoms with van der Waals surface area (Å²) in [5.41, 5.74) is 7.53. The highest BCUT2D eigenvalue weighted by atomic mass is 127. The molecule has 7 heteroatoms. The average molecular weight is 495 g/mol. The van der Waals surface area contributed by atoms with Gasteiger partial charge in [0.25, 0.3) is 0 Å². The van der Waals surface area contributed by atoms with Gasteiger partial charge in [0.2, 0.25) is 0 Å². The predicted octanol–water partition coefficient (Wildman–Crippen LogP) is 3.70. The van der Waals surface area contributed by atoms with E-state index < -0.39 is 0 Å². The standard InChI is InChI=1S/C18H27ClN4S.HI/c1-22-7-3-5-15(17(22)14-4-2-6-16(19)12-14)13-21-18(20)23-8-10-24-11-9-23;/h2,4,6,12,15,17H,3,5,7-11,13H2,1H3,(H2,20,21);1H. The lowest BCUT2D eigenvalue weighted by Crippen LogP contribution is -2.43. The van der Waals surface area contributed by atoms with E-state index >= 15 is 0 Å². The van der Waals surface area contributed by atoms with E-state index in [0.29, 0.717) is 17.9 Å². The number of benzene rings is 1. The summed E-state index contributed by atoms with van der Waals surface area (Å²) in [6.07, 6.45) is 2.40. The zero-order valence-corrected chi connectivity index (χ0v) is 18.6. The van der Waals surface area contributed by atoms with Crippen LogP contribution in [0.1, 0.15) is 24.4 Å². The Labute approximate surface area is 177 Å². The highest BCUT2D eigenvalue weighted by Crippen LogP contribution is 2.36. The van der Waals surface area contributed by atoms with Crippen molar-refractivity contribution in [3.05, 3.63) is 34.9 Å². The number of likely N-dealkylation sites (tertiary alicyclic amines) is 1. The molecule has 2 aliphatic rings. The summed E-state index contributed by atoms with van der Waals surface area (Å²) in [6.45, 7) is 3.94. The second-order valence-corrected chi connectivity index (χ2v) is 8.34. The van der Waals surface area contributed by atoms with Crippen molar-refractivity contribution in [1.29, 1.82) is 0 Å². The van der Waals surface area contributed by atoms with Crippen LogP contribution < -0.4 is 5.73 Å². The number of thioether (sulfide) groups is 1. The van der Waals surface area contributed by atoms with E-state index in [0.717, 1.165) is 42.7 Å². The molecular weight excluding hydrogens is 467 g/mol. The smallest absolute Gasteiger partial charge is 0.191 e. The molecule has 0 amide bonds. The number of halogens is 2. The average Bonchev–Trinajstić information content (AvgIpc) is 2.60. The minimum absolute atomic E-state index is 0. The van der Waals surface area contributed by atoms with Gasteiger partial charge in [-0.25, -0.2) is 0 Å². The number of nitrogens with zero attached hydrogens (tertiary/aromatic N) is 3. The van der Waals surface area contributed by atoms with E-state index in [2.05, 4.69) is 29.0 Å². The monoisotopic (exact) mass is 494 g/mol. The number of piperidine rings is 1. The van der Waals surface area contributed by atoms with Gasteiger partial charge < -0.3 is 10.6 Å². The molecule has 3 rings (SSSR count). The zero-order valence-electron chi connectivity index (χ0n) is 14.7. The van der Waals surface area contributed by atoms with Crippen molar-refractivity contribution in [2.45, 2.75) is 18.9 Å². The van der Waals surface area contributed by atoms with Crippen LogP contribution in [0.5, 0.6) is 0 Å². The Balaban J connectivity index is 0.00000225. The third-order valence-electron chi connectivity index (χ3n) is 5.02. The third kappa shape index (κ3) is 5.65. The normalized spacial score (nSPS) is 25.5. The van der Waals surface area contributed by atoms with Crippen molar-refractivity contribution in [1.82, 2.24) is 9.80 Å². The first-order valence-corrected chi connectivity index (χ1v) is 10.3. The Morgan fingerprint density at radius 3 is 2.80 bits per heavy atom. The first-order chi connectivity index (χ1) is 11.6. The van der Waals surface area contributed by atoms with Gasteiger partial charge in [0.15, 0.2) is 5.96 Å². The molecule has 0 bridgehead atoms. The van der Waals surface area contributed by atoms with Crippen LogP contribution in [-0.2, 0) is 0 Å². The molecule has 2 saturated heterocycles. The van der Waals surface area contributed by atoms with Crippen LogP contribution in [0.3, 0.4) is 0 Å². The van der Waals surface area contributed by atoms with Crippen molar-refractivity contribution < 1.29 is 0 Å². The summed E-state index contributed by atoms with van der Waals surface area (Å²) in [4.78, 5) is 9.41. The van der Waals surface area contributed by atoms with Crippen molar-refractivity contribution in [3.8, 4) is 0 Å². The summed E-state index contributed by atoms with van der Waals surface area (Å²) in [5, 5.41) is 0.805. The Hall–Kier alpha value is -0.180. The number of guanidine groups is 1. The van der Waals surface area contributed by atoms with Crippen molar-refractivity contribution in [2.24, 2.45) is 16.6 Å². The maximum absolute atomic E-state index is 6.24. The number of aliphatic imine (C=N–C) groups is 1. The maximum Gasteiger partial charge on any atom is 0.191 e. The van der Waals surface area contributed by atoms with Gasteiger partial charge in [-0.1, -0.05) is 23.7 Å². The second-order valence-electron chi connectivity index (χ2n) is 6.68. The SMILES string of the molecule is CN1CCCC(CN=C(N)N2CCSCC2)C1c1cccc(Cl)c1.I. The molecule has 140 valence electrons. The molecule has 2 fully saturated rings. The predicted molar refractivity (Wildman–Crippen MR) is 120 cm³/mol. The van der Waals surface area contributed by atoms with Crippen LogP contribution in [0, 0.1) is 5.92 Å². The molecule has 1 aromatic carbocycles. The van der Waals surface area contributed by atoms with Gasteiger partial charge in [0.1, 0.15) is 0 Å². The van der Waals surface area contributed by atoms with Gasteiger partial charge in [0, 0.05) is 42.2 Å². The van der Waals surface area contributed by atoms with Gasteiger partial charge >= 0.3 is 0 Å². The fourth-order valence-electron chi connectivity index (χ4n) is 3.77. The molecule has 25 heavy (non-hydrogen) atoms. The minimum atomic E-state index is 0. The quantitative estimate of drug-likeness (QED) is 0.395. The van der Waals surface area contributed by atoms with Crippen molar-refractivity contribution in [3.63, 3.8) is 0 Å². The topological polar surface area (TPSA) is 44.9 Å². The fraction of sp³-hybridized carbons (Fsp3) is 0.611. The van der Waals surface area contributed by atoms with E-state index in [4.69, 9.17) is 22.3 Å². The Bertz CT molecular complexity index is 580. The van der Waals surface area contributed by atoms with E-state index in [1.54, 1.807) is 0 Å². The van der Waals surface area contributed by atoms with Gasteiger partial charge in [-0.2, -0.15) is 11.8 Å². The van der Waals surface area contributed by atoms with Crippen LogP contribution in [0.15, 0.2) is 29.3 Å². The lowest BCUT2D eigenvalue weighted by molar-refractivity contribution is 0.125. The van der Waals surface area contributed by atoms with Crippen LogP contribution in [-0.4, -0.2) is 60.5 Å². The molecule has 0 aromatic heterocycles. The molecule has 2 aliphatic heterocycles. The molecule has 2 heterocycles. The number of hydrogen-bond donors (Lipinski definition) is 1. The second kappa shape index (κ2) is 10.2. The van der Waals surface area contributed by atoms with Crippen LogP contribution in [0.2, 0.25) is 5.02 Å². The number of nitrogens with two attached hydrogens (primary N) is 1. The van der Waals surface area contributed by atoms with Gasteiger partial charge in [-0.3, -0.25) is 9.89 Å². The minimum Gasteiger partial charge on any atom is -0.370 e. The van der Waals surface area contributed by atoms with Crippen molar-refractivity contribution in [2.75, 3.05) is 44.7 Å². The van der Waals surface area contributed by atoms with E-state index in [1.165, 1.54) is 18.4 Å². The largest absolute Gasteiger partial charge is 0.370 e. The summed E-state index contributed by atoms with van der Waals surface area (Å²) in [5.74, 6) is 3.49. The molecule has 0 saturated carbocycles. The Morgan fingerprint density at radius 2 is 2.08 bits per heavy atom. The summed E-state index contributed by atoms with van der Waals surface area (Å²) < 4.78 is 0. The van der Waals surface area contributed by atoms with E-state index in [-0.39, 0.29) is 24.0 Å². The summed E-state index contributed by atoms with van der Waals surface area (Å²) in [7, 11) is 2.20.